The van der Waals surface area contributed by atoms with E-state index < -0.39 is 42.6 Å². The third-order valence-electron chi connectivity index (χ3n) is 12.8. The van der Waals surface area contributed by atoms with Gasteiger partial charge in [-0.3, -0.25) is 18.0 Å². The zero-order chi connectivity index (χ0) is 61.9. The number of phenolic OH excluding ortho intramolecular Hbond substituents is 2. The zero-order valence-corrected chi connectivity index (χ0v) is 53.5. The van der Waals surface area contributed by atoms with E-state index in [1.165, 1.54) is 24.3 Å². The minimum atomic E-state index is -3.91. The Morgan fingerprint density at radius 1 is 0.488 bits per heavy atom. The third-order valence-corrected chi connectivity index (χ3v) is 16.1. The van der Waals surface area contributed by atoms with Crippen LogP contribution in [-0.4, -0.2) is 84.8 Å². The first kappa shape index (κ1) is 70.9. The van der Waals surface area contributed by atoms with Crippen LogP contribution in [0, 0.1) is 11.8 Å². The molecule has 0 fully saturated rings. The summed E-state index contributed by atoms with van der Waals surface area (Å²) in [6.07, 6.45) is 2.61. The average molecular weight is 1240 g/mol. The van der Waals surface area contributed by atoms with Gasteiger partial charge in [-0.05, 0) is 195 Å². The van der Waals surface area contributed by atoms with Gasteiger partial charge in [-0.2, -0.15) is 16.8 Å². The number of alkyl halides is 1. The van der Waals surface area contributed by atoms with Gasteiger partial charge in [0.25, 0.3) is 20.2 Å². The molecule has 0 amide bonds. The normalized spacial score (nSPS) is 14.1. The quantitative estimate of drug-likeness (QED) is 0.0242. The van der Waals surface area contributed by atoms with Crippen molar-refractivity contribution in [3.05, 3.63) is 149 Å². The van der Waals surface area contributed by atoms with Gasteiger partial charge < -0.3 is 34.6 Å². The first-order valence-corrected chi connectivity index (χ1v) is 31.5. The fourth-order valence-electron chi connectivity index (χ4n) is 8.07. The zero-order valence-electron chi connectivity index (χ0n) is 50.3. The van der Waals surface area contributed by atoms with Crippen LogP contribution in [-0.2, 0) is 59.6 Å². The number of rotatable bonds is 25. The second-order valence-electron chi connectivity index (χ2n) is 24.2. The maximum Gasteiger partial charge on any atom is 0.309 e. The molecule has 0 aliphatic rings. The molecule has 0 aliphatic carbocycles. The van der Waals surface area contributed by atoms with Crippen molar-refractivity contribution >= 4 is 48.1 Å². The molecule has 0 saturated carbocycles. The summed E-state index contributed by atoms with van der Waals surface area (Å²) in [5.41, 5.74) is 2.18. The first-order valence-electron chi connectivity index (χ1n) is 27.6. The predicted octanol–water partition coefficient (Wildman–Crippen LogP) is 13.8. The van der Waals surface area contributed by atoms with Crippen molar-refractivity contribution in [2.75, 3.05) is 13.2 Å². The second-order valence-corrected chi connectivity index (χ2v) is 28.0. The van der Waals surface area contributed by atoms with E-state index in [1.807, 2.05) is 104 Å². The first-order chi connectivity index (χ1) is 37.8. The van der Waals surface area contributed by atoms with Crippen molar-refractivity contribution in [1.82, 2.24) is 0 Å². The Morgan fingerprint density at radius 3 is 1.22 bits per heavy atom. The van der Waals surface area contributed by atoms with Crippen LogP contribution >= 0.6 is 15.9 Å². The Hall–Kier alpha value is -5.34. The van der Waals surface area contributed by atoms with Gasteiger partial charge in [-0.15, -0.1) is 0 Å². The minimum Gasteiger partial charge on any atom is -0.508 e. The highest BCUT2D eigenvalue weighted by Crippen LogP contribution is 2.36. The number of benzene rings is 5. The van der Waals surface area contributed by atoms with Crippen LogP contribution < -0.4 is 4.74 Å². The average Bonchev–Trinajstić information content (AvgIpc) is 3.49. The molecular weight excluding hydrogens is 1150 g/mol. The van der Waals surface area contributed by atoms with Crippen molar-refractivity contribution in [1.29, 1.82) is 0 Å². The molecule has 0 radical (unpaired) electrons. The lowest BCUT2D eigenvalue weighted by molar-refractivity contribution is -0.160. The molecule has 5 aromatic rings. The number of phenols is 2. The van der Waals surface area contributed by atoms with E-state index in [1.54, 1.807) is 76.2 Å². The molecule has 0 aromatic heterocycles. The third kappa shape index (κ3) is 27.4. The van der Waals surface area contributed by atoms with Crippen molar-refractivity contribution in [2.45, 2.75) is 191 Å². The minimum absolute atomic E-state index is 0.0357. The molecule has 5 unspecified atom stereocenters. The molecule has 0 spiro atoms. The van der Waals surface area contributed by atoms with Crippen LogP contribution in [0.15, 0.2) is 131 Å². The Morgan fingerprint density at radius 2 is 0.841 bits per heavy atom. The number of carbonyl (C=O) groups is 2. The number of hydrogen-bond donors (Lipinski definition) is 4. The predicted molar refractivity (Wildman–Crippen MR) is 324 cm³/mol. The van der Waals surface area contributed by atoms with E-state index in [9.17, 15) is 46.9 Å². The van der Waals surface area contributed by atoms with Crippen molar-refractivity contribution in [2.24, 2.45) is 11.8 Å². The maximum absolute atomic E-state index is 12.7. The summed E-state index contributed by atoms with van der Waals surface area (Å²) >= 11 is 3.29. The Balaban J connectivity index is 0.000000389. The SMILES string of the molecule is CC(C)(O)CCOS(=O)(=O)c1ccc(CBr)cc1.CC(CC(C)c1ccc(O)cc1)C(=O)OC(C)(C)C.CC(CC(CC(C)c1ccc(OCc2ccc(S(=O)(=O)OCCC(C)(C)O)cc2)cc1)c1ccc(O)cc1)C(=O)OC(C)(C)C. The van der Waals surface area contributed by atoms with Crippen LogP contribution in [0.5, 0.6) is 17.2 Å². The molecule has 82 heavy (non-hydrogen) atoms. The summed E-state index contributed by atoms with van der Waals surface area (Å²) in [5, 5.41) is 39.0. The van der Waals surface area contributed by atoms with Crippen LogP contribution in [0.25, 0.3) is 0 Å². The Labute approximate surface area is 497 Å². The van der Waals surface area contributed by atoms with Gasteiger partial charge in [0.2, 0.25) is 0 Å². The molecule has 0 aliphatic heterocycles. The summed E-state index contributed by atoms with van der Waals surface area (Å²) in [6.45, 7) is 25.8. The standard InChI is InChI=1S/C36H48O8S.C16H24O3.C12H17BrO4S/c1-25(22-30(29-10-14-31(37)15-11-29)23-26(2)34(38)44-35(3,4)5)28-12-16-32(17-13-28)42-24-27-8-18-33(19-9-27)45(40,41)43-21-20-36(6,7)39;1-11(13-6-8-14(17)9-7-13)10-12(2)15(18)19-16(3,4)5;1-12(2,14)7-8-17-18(15,16)11-5-3-10(9-13)4-6-11/h8-19,25-26,30,37,39H,20-24H2,1-7H3;6-9,11-12,17H,10H2,1-5H3;3-6,14H,7-9H2,1-2H3. The molecule has 0 bridgehead atoms. The second kappa shape index (κ2) is 31.5. The Bertz CT molecular complexity index is 2940. The lowest BCUT2D eigenvalue weighted by Gasteiger charge is -2.27. The fraction of sp³-hybridized carbons (Fsp3) is 0.500. The van der Waals surface area contributed by atoms with Crippen LogP contribution in [0.4, 0.5) is 0 Å². The van der Waals surface area contributed by atoms with Gasteiger partial charge >= 0.3 is 11.9 Å². The van der Waals surface area contributed by atoms with Gasteiger partial charge in [0.05, 0.1) is 46.0 Å². The number of esters is 2. The largest absolute Gasteiger partial charge is 0.508 e. The molecule has 5 rings (SSSR count). The van der Waals surface area contributed by atoms with E-state index in [0.29, 0.717) is 17.5 Å². The van der Waals surface area contributed by atoms with Gasteiger partial charge in [0.15, 0.2) is 0 Å². The molecule has 18 heteroatoms. The van der Waals surface area contributed by atoms with Gasteiger partial charge in [0, 0.05) is 18.2 Å². The molecule has 454 valence electrons. The van der Waals surface area contributed by atoms with Crippen molar-refractivity contribution in [3.8, 4) is 17.2 Å². The number of ether oxygens (including phenoxy) is 3. The smallest absolute Gasteiger partial charge is 0.309 e. The molecule has 4 N–H and O–H groups in total. The number of halogens is 1. The number of carbonyl (C=O) groups excluding carboxylic acids is 2. The van der Waals surface area contributed by atoms with Crippen molar-refractivity contribution < 1.29 is 69.4 Å². The summed E-state index contributed by atoms with van der Waals surface area (Å²) in [4.78, 5) is 24.8. The highest BCUT2D eigenvalue weighted by atomic mass is 79.9. The van der Waals surface area contributed by atoms with E-state index in [4.69, 9.17) is 22.6 Å². The van der Waals surface area contributed by atoms with Crippen molar-refractivity contribution in [3.63, 3.8) is 0 Å². The Kier molecular flexibility index (Phi) is 27.3. The summed E-state index contributed by atoms with van der Waals surface area (Å²) in [7, 11) is -7.65. The number of hydrogen-bond acceptors (Lipinski definition) is 15. The van der Waals surface area contributed by atoms with E-state index >= 15 is 0 Å². The maximum atomic E-state index is 12.7. The lowest BCUT2D eigenvalue weighted by Crippen LogP contribution is -2.28. The van der Waals surface area contributed by atoms with Gasteiger partial charge in [-0.25, -0.2) is 0 Å². The highest BCUT2D eigenvalue weighted by molar-refractivity contribution is 9.08. The van der Waals surface area contributed by atoms with Gasteiger partial charge in [-0.1, -0.05) is 104 Å². The summed E-state index contributed by atoms with van der Waals surface area (Å²) in [5.74, 6) is 0.876. The van der Waals surface area contributed by atoms with E-state index in [0.717, 1.165) is 40.7 Å². The molecule has 5 atom stereocenters. The number of aliphatic hydroxyl groups is 2. The molecular formula is C64H89BrO15S2. The molecule has 0 heterocycles. The fourth-order valence-corrected chi connectivity index (χ4v) is 10.3. The monoisotopic (exact) mass is 1240 g/mol. The number of aromatic hydroxyl groups is 2. The topological polar surface area (TPSA) is 229 Å². The van der Waals surface area contributed by atoms with E-state index in [-0.39, 0.29) is 95.5 Å². The molecule has 15 nitrogen and oxygen atoms in total. The molecule has 5 aromatic carbocycles. The van der Waals surface area contributed by atoms with E-state index in [2.05, 4.69) is 29.8 Å². The highest BCUT2D eigenvalue weighted by Gasteiger charge is 2.28. The molecule has 0 saturated heterocycles. The summed E-state index contributed by atoms with van der Waals surface area (Å²) in [6, 6.07) is 35.0. The van der Waals surface area contributed by atoms with Crippen LogP contribution in [0.1, 0.15) is 175 Å². The van der Waals surface area contributed by atoms with Gasteiger partial charge in [0.1, 0.15) is 35.1 Å². The van der Waals surface area contributed by atoms with Crippen LogP contribution in [0.3, 0.4) is 0 Å². The summed E-state index contributed by atoms with van der Waals surface area (Å²) < 4.78 is 75.3. The lowest BCUT2D eigenvalue weighted by atomic mass is 9.81. The van der Waals surface area contributed by atoms with Crippen LogP contribution in [0.2, 0.25) is 0 Å².